The third-order valence-corrected chi connectivity index (χ3v) is 5.12. The average Bonchev–Trinajstić information content (AvgIpc) is 2.86. The molecule has 1 amide bonds. The molecule has 5 heteroatoms. The van der Waals surface area contributed by atoms with Crippen molar-refractivity contribution in [3.8, 4) is 0 Å². The number of rotatable bonds is 3. The second-order valence-electron chi connectivity index (χ2n) is 5.61. The maximum atomic E-state index is 12.6. The van der Waals surface area contributed by atoms with E-state index in [9.17, 15) is 4.79 Å². The number of amides is 1. The summed E-state index contributed by atoms with van der Waals surface area (Å²) in [7, 11) is 0. The lowest BCUT2D eigenvalue weighted by Crippen LogP contribution is -2.16. The van der Waals surface area contributed by atoms with Gasteiger partial charge in [0, 0.05) is 12.1 Å². The van der Waals surface area contributed by atoms with E-state index in [4.69, 9.17) is 11.6 Å². The minimum atomic E-state index is -0.243. The second-order valence-corrected chi connectivity index (χ2v) is 7.02. The molecule has 0 saturated carbocycles. The smallest absolute Gasteiger partial charge is 0.279 e. The maximum Gasteiger partial charge on any atom is 0.279 e. The molecule has 122 valence electrons. The van der Waals surface area contributed by atoms with Crippen molar-refractivity contribution in [1.29, 1.82) is 0 Å². The summed E-state index contributed by atoms with van der Waals surface area (Å²) in [6.07, 6.45) is 1.77. The number of aromatic nitrogens is 1. The van der Waals surface area contributed by atoms with E-state index < -0.39 is 0 Å². The molecule has 2 aromatic carbocycles. The highest BCUT2D eigenvalue weighted by molar-refractivity contribution is 7.16. The first kappa shape index (κ1) is 16.7. The van der Waals surface area contributed by atoms with Crippen LogP contribution in [-0.4, -0.2) is 10.5 Å². The van der Waals surface area contributed by atoms with Crippen molar-refractivity contribution >= 4 is 39.1 Å². The number of halogens is 1. The van der Waals surface area contributed by atoms with E-state index in [1.807, 2.05) is 54.8 Å². The fourth-order valence-electron chi connectivity index (χ4n) is 2.67. The zero-order chi connectivity index (χ0) is 17.3. The SMILES string of the molecule is C=CCn1c(=NC(=O)c2ccc(C)cc2C)sc2cccc(Cl)c21. The Morgan fingerprint density at radius 1 is 1.33 bits per heavy atom. The maximum absolute atomic E-state index is 12.6. The summed E-state index contributed by atoms with van der Waals surface area (Å²) in [5.41, 5.74) is 3.56. The quantitative estimate of drug-likeness (QED) is 0.614. The minimum Gasteiger partial charge on any atom is -0.311 e. The number of hydrogen-bond donors (Lipinski definition) is 0. The molecule has 0 bridgehead atoms. The van der Waals surface area contributed by atoms with Crippen LogP contribution < -0.4 is 4.80 Å². The fourth-order valence-corrected chi connectivity index (χ4v) is 4.07. The van der Waals surface area contributed by atoms with Crippen molar-refractivity contribution in [3.63, 3.8) is 0 Å². The van der Waals surface area contributed by atoms with Gasteiger partial charge < -0.3 is 4.57 Å². The van der Waals surface area contributed by atoms with Crippen LogP contribution >= 0.6 is 22.9 Å². The van der Waals surface area contributed by atoms with Gasteiger partial charge >= 0.3 is 0 Å². The van der Waals surface area contributed by atoms with Gasteiger partial charge in [0.25, 0.3) is 5.91 Å². The Balaban J connectivity index is 2.19. The van der Waals surface area contributed by atoms with Crippen LogP contribution in [0.25, 0.3) is 10.2 Å². The lowest BCUT2D eigenvalue weighted by molar-refractivity contribution is 0.0997. The zero-order valence-electron chi connectivity index (χ0n) is 13.5. The van der Waals surface area contributed by atoms with Gasteiger partial charge in [0.15, 0.2) is 4.80 Å². The molecule has 0 unspecified atom stereocenters. The standard InChI is InChI=1S/C19H17ClN2OS/c1-4-10-22-17-15(20)6-5-7-16(17)24-19(22)21-18(23)14-9-8-12(2)11-13(14)3/h4-9,11H,1,10H2,2-3H3. The third kappa shape index (κ3) is 3.07. The lowest BCUT2D eigenvalue weighted by atomic mass is 10.1. The van der Waals surface area contributed by atoms with Crippen molar-refractivity contribution in [1.82, 2.24) is 4.57 Å². The van der Waals surface area contributed by atoms with Crippen molar-refractivity contribution < 1.29 is 4.79 Å². The number of carbonyl (C=O) groups excluding carboxylic acids is 1. The summed E-state index contributed by atoms with van der Waals surface area (Å²) in [5, 5.41) is 0.644. The van der Waals surface area contributed by atoms with E-state index >= 15 is 0 Å². The zero-order valence-corrected chi connectivity index (χ0v) is 15.1. The highest BCUT2D eigenvalue weighted by Gasteiger charge is 2.12. The molecule has 1 heterocycles. The van der Waals surface area contributed by atoms with Crippen LogP contribution in [0.4, 0.5) is 0 Å². The third-order valence-electron chi connectivity index (χ3n) is 3.77. The Bertz CT molecular complexity index is 1010. The van der Waals surface area contributed by atoms with Gasteiger partial charge in [-0.2, -0.15) is 4.99 Å². The number of para-hydroxylation sites is 1. The number of carbonyl (C=O) groups is 1. The number of benzene rings is 2. The molecule has 0 fully saturated rings. The Kier molecular flexibility index (Phi) is 4.69. The molecule has 3 nitrogen and oxygen atoms in total. The largest absolute Gasteiger partial charge is 0.311 e. The van der Waals surface area contributed by atoms with Crippen LogP contribution in [0.1, 0.15) is 21.5 Å². The highest BCUT2D eigenvalue weighted by atomic mass is 35.5. The molecule has 0 atom stereocenters. The van der Waals surface area contributed by atoms with Crippen molar-refractivity contribution in [2.75, 3.05) is 0 Å². The summed E-state index contributed by atoms with van der Waals surface area (Å²) in [6.45, 7) is 8.26. The van der Waals surface area contributed by atoms with Gasteiger partial charge in [-0.05, 0) is 37.6 Å². The molecule has 0 N–H and O–H groups in total. The van der Waals surface area contributed by atoms with Crippen LogP contribution in [0.2, 0.25) is 5.02 Å². The monoisotopic (exact) mass is 356 g/mol. The lowest BCUT2D eigenvalue weighted by Gasteiger charge is -2.04. The fraction of sp³-hybridized carbons (Fsp3) is 0.158. The topological polar surface area (TPSA) is 34.4 Å². The molecule has 24 heavy (non-hydrogen) atoms. The van der Waals surface area contributed by atoms with E-state index in [2.05, 4.69) is 11.6 Å². The van der Waals surface area contributed by atoms with E-state index in [-0.39, 0.29) is 5.91 Å². The van der Waals surface area contributed by atoms with Gasteiger partial charge in [-0.3, -0.25) is 4.79 Å². The number of hydrogen-bond acceptors (Lipinski definition) is 2. The first-order chi connectivity index (χ1) is 11.5. The summed E-state index contributed by atoms with van der Waals surface area (Å²) < 4.78 is 2.92. The Hall–Kier alpha value is -2.17. The second kappa shape index (κ2) is 6.75. The number of thiazole rings is 1. The Morgan fingerprint density at radius 2 is 2.12 bits per heavy atom. The average molecular weight is 357 g/mol. The molecule has 3 aromatic rings. The van der Waals surface area contributed by atoms with E-state index in [0.717, 1.165) is 21.3 Å². The summed E-state index contributed by atoms with van der Waals surface area (Å²) in [6, 6.07) is 11.5. The molecule has 1 aromatic heterocycles. The molecule has 0 radical (unpaired) electrons. The van der Waals surface area contributed by atoms with E-state index in [1.165, 1.54) is 11.3 Å². The van der Waals surface area contributed by atoms with Gasteiger partial charge in [0.2, 0.25) is 0 Å². The van der Waals surface area contributed by atoms with Crippen molar-refractivity contribution in [2.24, 2.45) is 4.99 Å². The molecular formula is C19H17ClN2OS. The minimum absolute atomic E-state index is 0.243. The molecule has 3 rings (SSSR count). The van der Waals surface area contributed by atoms with Gasteiger partial charge in [-0.1, -0.05) is 52.8 Å². The van der Waals surface area contributed by atoms with Crippen LogP contribution in [0.5, 0.6) is 0 Å². The summed E-state index contributed by atoms with van der Waals surface area (Å²) in [5.74, 6) is -0.243. The predicted octanol–water partition coefficient (Wildman–Crippen LogP) is 4.90. The normalized spacial score (nSPS) is 11.9. The van der Waals surface area contributed by atoms with Gasteiger partial charge in [-0.15, -0.1) is 6.58 Å². The summed E-state index contributed by atoms with van der Waals surface area (Å²) in [4.78, 5) is 17.6. The van der Waals surface area contributed by atoms with Gasteiger partial charge in [0.05, 0.1) is 15.2 Å². The number of fused-ring (bicyclic) bond motifs is 1. The number of aryl methyl sites for hydroxylation is 2. The highest BCUT2D eigenvalue weighted by Crippen LogP contribution is 2.25. The molecular weight excluding hydrogens is 340 g/mol. The molecule has 0 aliphatic heterocycles. The first-order valence-corrected chi connectivity index (χ1v) is 8.76. The van der Waals surface area contributed by atoms with Crippen LogP contribution in [0, 0.1) is 13.8 Å². The van der Waals surface area contributed by atoms with E-state index in [0.29, 0.717) is 21.9 Å². The Morgan fingerprint density at radius 3 is 2.83 bits per heavy atom. The van der Waals surface area contributed by atoms with Crippen LogP contribution in [0.15, 0.2) is 54.0 Å². The van der Waals surface area contributed by atoms with E-state index in [1.54, 1.807) is 6.08 Å². The number of nitrogens with zero attached hydrogens (tertiary/aromatic N) is 2. The van der Waals surface area contributed by atoms with Crippen molar-refractivity contribution in [3.05, 3.63) is 75.6 Å². The predicted molar refractivity (Wildman–Crippen MR) is 101 cm³/mol. The van der Waals surface area contributed by atoms with Crippen LogP contribution in [0.3, 0.4) is 0 Å². The van der Waals surface area contributed by atoms with Gasteiger partial charge in [-0.25, -0.2) is 0 Å². The molecule has 0 saturated heterocycles. The Labute approximate surface area is 149 Å². The van der Waals surface area contributed by atoms with Gasteiger partial charge in [0.1, 0.15) is 0 Å². The molecule has 0 aliphatic rings. The summed E-state index contributed by atoms with van der Waals surface area (Å²) >= 11 is 7.79. The first-order valence-electron chi connectivity index (χ1n) is 7.56. The molecule has 0 spiro atoms. The van der Waals surface area contributed by atoms with Crippen molar-refractivity contribution in [2.45, 2.75) is 20.4 Å². The number of allylic oxidation sites excluding steroid dienone is 1. The molecule has 0 aliphatic carbocycles. The van der Waals surface area contributed by atoms with Crippen LogP contribution in [-0.2, 0) is 6.54 Å².